The van der Waals surface area contributed by atoms with Gasteiger partial charge in [0, 0.05) is 18.0 Å². The Balaban J connectivity index is 3.39. The zero-order valence-electron chi connectivity index (χ0n) is 11.4. The molecule has 18 heavy (non-hydrogen) atoms. The van der Waals surface area contributed by atoms with E-state index < -0.39 is 0 Å². The monoisotopic (exact) mass is 251 g/mol. The van der Waals surface area contributed by atoms with Crippen molar-refractivity contribution >= 4 is 0 Å². The molecule has 0 radical (unpaired) electrons. The summed E-state index contributed by atoms with van der Waals surface area (Å²) in [5.41, 5.74) is 8.12. The van der Waals surface area contributed by atoms with E-state index >= 15 is 0 Å². The minimum atomic E-state index is -0.102. The zero-order valence-corrected chi connectivity index (χ0v) is 11.4. The summed E-state index contributed by atoms with van der Waals surface area (Å²) < 4.78 is 0. The molecule has 0 aromatic rings. The molecular weight excluding hydrogens is 226 g/mol. The van der Waals surface area contributed by atoms with Crippen molar-refractivity contribution in [1.29, 1.82) is 5.26 Å². The van der Waals surface area contributed by atoms with Crippen LogP contribution in [0.5, 0.6) is 0 Å². The van der Waals surface area contributed by atoms with Gasteiger partial charge in [-0.3, -0.25) is 0 Å². The van der Waals surface area contributed by atoms with E-state index in [1.807, 2.05) is 0 Å². The third-order valence-corrected chi connectivity index (χ3v) is 2.92. The number of nitriles is 1. The number of hydrogen-bond donors (Lipinski definition) is 1. The molecule has 5 nitrogen and oxygen atoms in total. The van der Waals surface area contributed by atoms with Gasteiger partial charge in [0.1, 0.15) is 0 Å². The molecule has 0 spiro atoms. The normalized spacial score (nSPS) is 11.6. The summed E-state index contributed by atoms with van der Waals surface area (Å²) >= 11 is 0. The molecule has 0 aromatic carbocycles. The first kappa shape index (κ1) is 16.8. The van der Waals surface area contributed by atoms with Crippen LogP contribution in [0.2, 0.25) is 0 Å². The Kier molecular flexibility index (Phi) is 12.9. The molecule has 1 unspecified atom stereocenters. The predicted molar refractivity (Wildman–Crippen MR) is 74.0 cm³/mol. The van der Waals surface area contributed by atoms with Crippen LogP contribution < -0.4 is 5.32 Å². The highest BCUT2D eigenvalue weighted by molar-refractivity contribution is 4.89. The van der Waals surface area contributed by atoms with Crippen molar-refractivity contribution in [2.75, 3.05) is 13.1 Å². The van der Waals surface area contributed by atoms with Crippen molar-refractivity contribution in [3.05, 3.63) is 10.4 Å². The van der Waals surface area contributed by atoms with Gasteiger partial charge in [-0.05, 0) is 12.0 Å². The van der Waals surface area contributed by atoms with Crippen molar-refractivity contribution in [2.24, 2.45) is 5.11 Å². The highest BCUT2D eigenvalue weighted by Gasteiger charge is 2.04. The maximum Gasteiger partial charge on any atom is 0.0952 e. The van der Waals surface area contributed by atoms with Gasteiger partial charge < -0.3 is 5.32 Å². The number of nitrogens with zero attached hydrogens (tertiary/aromatic N) is 4. The maximum absolute atomic E-state index is 8.94. The minimum absolute atomic E-state index is 0.102. The van der Waals surface area contributed by atoms with Crippen LogP contribution in [0.15, 0.2) is 5.11 Å². The second-order valence-corrected chi connectivity index (χ2v) is 4.50. The van der Waals surface area contributed by atoms with Gasteiger partial charge in [-0.1, -0.05) is 57.0 Å². The van der Waals surface area contributed by atoms with Crippen LogP contribution in [0.1, 0.15) is 58.3 Å². The molecule has 0 heterocycles. The van der Waals surface area contributed by atoms with Gasteiger partial charge in [0.05, 0.1) is 12.1 Å². The van der Waals surface area contributed by atoms with E-state index in [4.69, 9.17) is 10.8 Å². The second-order valence-electron chi connectivity index (χ2n) is 4.50. The Hall–Kier alpha value is -1.24. The maximum atomic E-state index is 8.94. The van der Waals surface area contributed by atoms with Crippen LogP contribution in [0, 0.1) is 11.3 Å². The molecule has 5 heteroatoms. The third-order valence-electron chi connectivity index (χ3n) is 2.92. The molecule has 0 aromatic heterocycles. The number of unbranched alkanes of at least 4 members (excludes halogenated alkanes) is 6. The van der Waals surface area contributed by atoms with Crippen LogP contribution in [0.25, 0.3) is 10.4 Å². The summed E-state index contributed by atoms with van der Waals surface area (Å²) in [4.78, 5) is 2.67. The van der Waals surface area contributed by atoms with Gasteiger partial charge in [0.2, 0.25) is 0 Å². The smallest absolute Gasteiger partial charge is 0.0952 e. The molecular formula is C13H25N5. The third kappa shape index (κ3) is 11.3. The van der Waals surface area contributed by atoms with Gasteiger partial charge in [-0.2, -0.15) is 5.26 Å². The fourth-order valence-electron chi connectivity index (χ4n) is 1.85. The number of nitrogens with one attached hydrogen (secondary N) is 1. The average Bonchev–Trinajstić information content (AvgIpc) is 2.40. The summed E-state index contributed by atoms with van der Waals surface area (Å²) in [6.07, 6.45) is 9.74. The molecule has 0 bridgehead atoms. The largest absolute Gasteiger partial charge is 0.302 e. The van der Waals surface area contributed by atoms with Crippen molar-refractivity contribution in [1.82, 2.24) is 5.32 Å². The molecule has 0 amide bonds. The SMILES string of the molecule is CCCCCCCCCC(C#N)NCCN=[N+]=[N-]. The Morgan fingerprint density at radius 1 is 1.22 bits per heavy atom. The number of hydrogen-bond acceptors (Lipinski definition) is 3. The highest BCUT2D eigenvalue weighted by Crippen LogP contribution is 2.09. The summed E-state index contributed by atoms with van der Waals surface area (Å²) in [6.45, 7) is 3.21. The fourth-order valence-corrected chi connectivity index (χ4v) is 1.85. The first-order valence-electron chi connectivity index (χ1n) is 6.99. The lowest BCUT2D eigenvalue weighted by molar-refractivity contribution is 0.516. The number of rotatable bonds is 12. The molecule has 0 rings (SSSR count). The molecule has 0 fully saturated rings. The van der Waals surface area contributed by atoms with Gasteiger partial charge in [-0.25, -0.2) is 0 Å². The zero-order chi connectivity index (χ0) is 13.5. The first-order valence-corrected chi connectivity index (χ1v) is 6.99. The van der Waals surface area contributed by atoms with E-state index in [0.717, 1.165) is 12.8 Å². The van der Waals surface area contributed by atoms with E-state index in [-0.39, 0.29) is 6.04 Å². The highest BCUT2D eigenvalue weighted by atomic mass is 15.1. The molecule has 0 aliphatic carbocycles. The van der Waals surface area contributed by atoms with Crippen molar-refractivity contribution in [2.45, 2.75) is 64.3 Å². The van der Waals surface area contributed by atoms with Crippen LogP contribution >= 0.6 is 0 Å². The van der Waals surface area contributed by atoms with Crippen LogP contribution in [-0.2, 0) is 0 Å². The lowest BCUT2D eigenvalue weighted by Gasteiger charge is -2.09. The van der Waals surface area contributed by atoms with E-state index in [9.17, 15) is 0 Å². The van der Waals surface area contributed by atoms with Gasteiger partial charge in [0.15, 0.2) is 0 Å². The van der Waals surface area contributed by atoms with Gasteiger partial charge in [0.25, 0.3) is 0 Å². The van der Waals surface area contributed by atoms with E-state index in [2.05, 4.69) is 28.3 Å². The summed E-state index contributed by atoms with van der Waals surface area (Å²) in [5.74, 6) is 0. The Bertz CT molecular complexity index is 265. The Morgan fingerprint density at radius 3 is 2.50 bits per heavy atom. The van der Waals surface area contributed by atoms with E-state index in [1.54, 1.807) is 0 Å². The number of azide groups is 1. The molecule has 102 valence electrons. The first-order chi connectivity index (χ1) is 8.85. The molecule has 0 aliphatic heterocycles. The summed E-state index contributed by atoms with van der Waals surface area (Å²) in [5, 5.41) is 15.5. The Labute approximate surface area is 110 Å². The van der Waals surface area contributed by atoms with Crippen LogP contribution in [0.4, 0.5) is 0 Å². The van der Waals surface area contributed by atoms with Gasteiger partial charge >= 0.3 is 0 Å². The van der Waals surface area contributed by atoms with Crippen molar-refractivity contribution < 1.29 is 0 Å². The predicted octanol–water partition coefficient (Wildman–Crippen LogP) is 3.92. The summed E-state index contributed by atoms with van der Waals surface area (Å²) in [6, 6.07) is 2.14. The lowest BCUT2D eigenvalue weighted by Crippen LogP contribution is -2.29. The molecule has 0 saturated heterocycles. The quantitative estimate of drug-likeness (QED) is 0.247. The van der Waals surface area contributed by atoms with E-state index in [1.165, 1.54) is 38.5 Å². The standard InChI is InChI=1S/C13H25N5/c1-2-3-4-5-6-7-8-9-13(12-14)16-10-11-17-18-15/h13,16H,2-11H2,1H3. The molecule has 0 saturated carbocycles. The van der Waals surface area contributed by atoms with Crippen molar-refractivity contribution in [3.8, 4) is 6.07 Å². The lowest BCUT2D eigenvalue weighted by atomic mass is 10.1. The second kappa shape index (κ2) is 13.8. The molecule has 0 aliphatic rings. The van der Waals surface area contributed by atoms with Crippen LogP contribution in [0.3, 0.4) is 0 Å². The van der Waals surface area contributed by atoms with Gasteiger partial charge in [-0.15, -0.1) is 0 Å². The van der Waals surface area contributed by atoms with Crippen LogP contribution in [-0.4, -0.2) is 19.1 Å². The average molecular weight is 251 g/mol. The topological polar surface area (TPSA) is 84.6 Å². The van der Waals surface area contributed by atoms with Crippen molar-refractivity contribution in [3.63, 3.8) is 0 Å². The molecule has 1 N–H and O–H groups in total. The summed E-state index contributed by atoms with van der Waals surface area (Å²) in [7, 11) is 0. The Morgan fingerprint density at radius 2 is 1.89 bits per heavy atom. The minimum Gasteiger partial charge on any atom is -0.302 e. The van der Waals surface area contributed by atoms with E-state index in [0.29, 0.717) is 13.1 Å². The fraction of sp³-hybridized carbons (Fsp3) is 0.923. The molecule has 1 atom stereocenters.